The summed E-state index contributed by atoms with van der Waals surface area (Å²) in [6.45, 7) is 2.09. The Balaban J connectivity index is 2.10. The quantitative estimate of drug-likeness (QED) is 0.812. The van der Waals surface area contributed by atoms with E-state index in [9.17, 15) is 0 Å². The first-order chi connectivity index (χ1) is 10.2. The Hall–Kier alpha value is -1.42. The van der Waals surface area contributed by atoms with Crippen LogP contribution in [-0.2, 0) is 12.8 Å². The monoisotopic (exact) mass is 345 g/mol. The number of hydrogen-bond donors (Lipinski definition) is 1. The van der Waals surface area contributed by atoms with Crippen LogP contribution in [0.2, 0.25) is 0 Å². The van der Waals surface area contributed by atoms with E-state index in [1.807, 2.05) is 7.05 Å². The normalized spacial score (nSPS) is 14.4. The highest BCUT2D eigenvalue weighted by atomic mass is 79.9. The predicted molar refractivity (Wildman–Crippen MR) is 90.7 cm³/mol. The number of benzene rings is 1. The fourth-order valence-corrected chi connectivity index (χ4v) is 3.22. The molecule has 0 fully saturated rings. The smallest absolute Gasteiger partial charge is 0.161 e. The maximum Gasteiger partial charge on any atom is 0.161 e. The molecule has 0 unspecified atom stereocenters. The topological polar surface area (TPSA) is 37.8 Å². The Kier molecular flexibility index (Phi) is 4.24. The molecule has 1 aliphatic rings. The number of nitrogens with one attached hydrogen (secondary N) is 1. The van der Waals surface area contributed by atoms with Gasteiger partial charge in [0, 0.05) is 28.3 Å². The fraction of sp³-hybridized carbons (Fsp3) is 0.412. The molecule has 0 amide bonds. The first-order valence-electron chi connectivity index (χ1n) is 7.53. The zero-order valence-electron chi connectivity index (χ0n) is 12.5. The van der Waals surface area contributed by atoms with Crippen LogP contribution < -0.4 is 5.32 Å². The molecule has 0 aliphatic heterocycles. The molecule has 110 valence electrons. The van der Waals surface area contributed by atoms with E-state index in [0.717, 1.165) is 34.5 Å². The molecule has 3 nitrogen and oxygen atoms in total. The summed E-state index contributed by atoms with van der Waals surface area (Å²) >= 11 is 3.60. The van der Waals surface area contributed by atoms with Crippen LogP contribution in [-0.4, -0.2) is 17.0 Å². The molecule has 21 heavy (non-hydrogen) atoms. The van der Waals surface area contributed by atoms with Gasteiger partial charge in [0.25, 0.3) is 0 Å². The van der Waals surface area contributed by atoms with Crippen LogP contribution in [0.5, 0.6) is 0 Å². The van der Waals surface area contributed by atoms with Gasteiger partial charge in [-0.25, -0.2) is 9.97 Å². The van der Waals surface area contributed by atoms with Crippen molar-refractivity contribution in [3.8, 4) is 11.4 Å². The van der Waals surface area contributed by atoms with Crippen molar-refractivity contribution < 1.29 is 0 Å². The van der Waals surface area contributed by atoms with Gasteiger partial charge in [-0.3, -0.25) is 0 Å². The van der Waals surface area contributed by atoms with E-state index < -0.39 is 0 Å². The van der Waals surface area contributed by atoms with Crippen molar-refractivity contribution in [3.63, 3.8) is 0 Å². The number of nitrogens with zero attached hydrogens (tertiary/aromatic N) is 2. The van der Waals surface area contributed by atoms with Crippen LogP contribution in [0.25, 0.3) is 11.4 Å². The second-order valence-electron chi connectivity index (χ2n) is 5.60. The highest BCUT2D eigenvalue weighted by molar-refractivity contribution is 9.10. The minimum Gasteiger partial charge on any atom is -0.373 e. The average Bonchev–Trinajstić information content (AvgIpc) is 2.74. The highest BCUT2D eigenvalue weighted by Gasteiger charge is 2.17. The van der Waals surface area contributed by atoms with Crippen LogP contribution in [0.15, 0.2) is 22.7 Å². The summed E-state index contributed by atoms with van der Waals surface area (Å²) < 4.78 is 1.10. The molecule has 1 aliphatic carbocycles. The standard InChI is InChI=1S/C17H20BrN3/c1-11-8-9-12(10-14(11)18)16-20-15-7-5-3-4-6-13(15)17(19-2)21-16/h8-10H,3-7H2,1-2H3,(H,19,20,21). The van der Waals surface area contributed by atoms with Crippen LogP contribution in [0, 0.1) is 6.92 Å². The van der Waals surface area contributed by atoms with Gasteiger partial charge in [-0.15, -0.1) is 0 Å². The van der Waals surface area contributed by atoms with Crippen molar-refractivity contribution in [2.75, 3.05) is 12.4 Å². The zero-order chi connectivity index (χ0) is 14.8. The molecule has 0 bridgehead atoms. The second-order valence-corrected chi connectivity index (χ2v) is 6.45. The van der Waals surface area contributed by atoms with Gasteiger partial charge in [0.2, 0.25) is 0 Å². The van der Waals surface area contributed by atoms with E-state index >= 15 is 0 Å². The zero-order valence-corrected chi connectivity index (χ0v) is 14.1. The summed E-state index contributed by atoms with van der Waals surface area (Å²) in [5, 5.41) is 3.26. The Labute approximate surface area is 134 Å². The van der Waals surface area contributed by atoms with Gasteiger partial charge >= 0.3 is 0 Å². The molecule has 0 saturated carbocycles. The van der Waals surface area contributed by atoms with Crippen LogP contribution >= 0.6 is 15.9 Å². The van der Waals surface area contributed by atoms with Crippen molar-refractivity contribution in [1.82, 2.24) is 9.97 Å². The van der Waals surface area contributed by atoms with Crippen LogP contribution in [0.3, 0.4) is 0 Å². The molecule has 0 atom stereocenters. The average molecular weight is 346 g/mol. The summed E-state index contributed by atoms with van der Waals surface area (Å²) in [5.41, 5.74) is 4.82. The van der Waals surface area contributed by atoms with Gasteiger partial charge < -0.3 is 5.32 Å². The van der Waals surface area contributed by atoms with E-state index in [2.05, 4.69) is 46.4 Å². The third-order valence-corrected chi connectivity index (χ3v) is 4.95. The number of fused-ring (bicyclic) bond motifs is 1. The lowest BCUT2D eigenvalue weighted by molar-refractivity contribution is 0.709. The number of anilines is 1. The molecule has 1 heterocycles. The summed E-state index contributed by atoms with van der Waals surface area (Å²) in [6, 6.07) is 6.30. The Morgan fingerprint density at radius 3 is 2.67 bits per heavy atom. The van der Waals surface area contributed by atoms with Crippen molar-refractivity contribution in [1.29, 1.82) is 0 Å². The van der Waals surface area contributed by atoms with Gasteiger partial charge in [-0.2, -0.15) is 0 Å². The minimum atomic E-state index is 0.820. The van der Waals surface area contributed by atoms with Crippen molar-refractivity contribution >= 4 is 21.7 Å². The Morgan fingerprint density at radius 2 is 1.90 bits per heavy atom. The van der Waals surface area contributed by atoms with Crippen LogP contribution in [0.1, 0.15) is 36.1 Å². The molecule has 2 aromatic rings. The molecule has 0 radical (unpaired) electrons. The number of hydrogen-bond acceptors (Lipinski definition) is 3. The maximum atomic E-state index is 4.85. The molecule has 3 rings (SSSR count). The van der Waals surface area contributed by atoms with Crippen LogP contribution in [0.4, 0.5) is 5.82 Å². The highest BCUT2D eigenvalue weighted by Crippen LogP contribution is 2.29. The summed E-state index contributed by atoms with van der Waals surface area (Å²) in [7, 11) is 1.95. The first-order valence-corrected chi connectivity index (χ1v) is 8.32. The summed E-state index contributed by atoms with van der Waals surface area (Å²) in [5.74, 6) is 1.81. The number of aromatic nitrogens is 2. The SMILES string of the molecule is CNc1nc(-c2ccc(C)c(Br)c2)nc2c1CCCCC2. The second kappa shape index (κ2) is 6.14. The lowest BCUT2D eigenvalue weighted by Crippen LogP contribution is -2.07. The van der Waals surface area contributed by atoms with Gasteiger partial charge in [0.1, 0.15) is 5.82 Å². The van der Waals surface area contributed by atoms with Crippen molar-refractivity contribution in [2.24, 2.45) is 0 Å². The third-order valence-electron chi connectivity index (χ3n) is 4.10. The molecule has 1 N–H and O–H groups in total. The number of rotatable bonds is 2. The van der Waals surface area contributed by atoms with E-state index in [-0.39, 0.29) is 0 Å². The predicted octanol–water partition coefficient (Wildman–Crippen LogP) is 4.53. The molecular formula is C17H20BrN3. The lowest BCUT2D eigenvalue weighted by atomic mass is 10.1. The Bertz CT molecular complexity index is 667. The lowest BCUT2D eigenvalue weighted by Gasteiger charge is -2.13. The fourth-order valence-electron chi connectivity index (χ4n) is 2.84. The van der Waals surface area contributed by atoms with Crippen molar-refractivity contribution in [3.05, 3.63) is 39.5 Å². The summed E-state index contributed by atoms with van der Waals surface area (Å²) in [4.78, 5) is 9.60. The van der Waals surface area contributed by atoms with Gasteiger partial charge in [-0.05, 0) is 44.2 Å². The summed E-state index contributed by atoms with van der Waals surface area (Å²) in [6.07, 6.45) is 5.89. The molecule has 0 spiro atoms. The van der Waals surface area contributed by atoms with E-state index in [0.29, 0.717) is 0 Å². The Morgan fingerprint density at radius 1 is 1.10 bits per heavy atom. The molecular weight excluding hydrogens is 326 g/mol. The third kappa shape index (κ3) is 2.95. The number of halogens is 1. The molecule has 0 saturated heterocycles. The maximum absolute atomic E-state index is 4.85. The van der Waals surface area contributed by atoms with Gasteiger partial charge in [0.05, 0.1) is 0 Å². The largest absolute Gasteiger partial charge is 0.373 e. The van der Waals surface area contributed by atoms with Gasteiger partial charge in [-0.1, -0.05) is 34.5 Å². The number of aryl methyl sites for hydroxylation is 2. The van der Waals surface area contributed by atoms with E-state index in [1.54, 1.807) is 0 Å². The molecule has 4 heteroatoms. The molecule has 1 aromatic heterocycles. The van der Waals surface area contributed by atoms with Crippen molar-refractivity contribution in [2.45, 2.75) is 39.0 Å². The van der Waals surface area contributed by atoms with E-state index in [4.69, 9.17) is 9.97 Å². The molecule has 1 aromatic carbocycles. The first kappa shape index (κ1) is 14.5. The minimum absolute atomic E-state index is 0.820. The van der Waals surface area contributed by atoms with E-state index in [1.165, 1.54) is 36.1 Å². The van der Waals surface area contributed by atoms with Gasteiger partial charge in [0.15, 0.2) is 5.82 Å².